The van der Waals surface area contributed by atoms with Crippen LogP contribution in [0, 0.1) is 12.3 Å². The summed E-state index contributed by atoms with van der Waals surface area (Å²) in [6.07, 6.45) is 0. The van der Waals surface area contributed by atoms with E-state index in [0.717, 1.165) is 28.2 Å². The highest BCUT2D eigenvalue weighted by molar-refractivity contribution is 7.12. The highest BCUT2D eigenvalue weighted by Gasteiger charge is 2.07. The molecule has 0 spiro atoms. The van der Waals surface area contributed by atoms with Crippen LogP contribution in [0.1, 0.15) is 16.0 Å². The van der Waals surface area contributed by atoms with Crippen LogP contribution >= 0.6 is 11.3 Å². The van der Waals surface area contributed by atoms with Crippen molar-refractivity contribution in [1.29, 1.82) is 5.41 Å². The summed E-state index contributed by atoms with van der Waals surface area (Å²) >= 11 is 1.55. The first-order chi connectivity index (χ1) is 10.1. The lowest BCUT2D eigenvalue weighted by atomic mass is 10.1. The second-order valence-electron chi connectivity index (χ2n) is 5.09. The fraction of sp³-hybridized carbons (Fsp3) is 0.312. The average molecular weight is 303 g/mol. The number of aliphatic hydroxyl groups excluding tert-OH is 1. The molecule has 112 valence electrons. The molecule has 0 amide bonds. The van der Waals surface area contributed by atoms with E-state index in [-0.39, 0.29) is 6.61 Å². The van der Waals surface area contributed by atoms with Gasteiger partial charge in [0.1, 0.15) is 5.84 Å². The largest absolute Gasteiger partial charge is 0.395 e. The van der Waals surface area contributed by atoms with E-state index in [1.54, 1.807) is 11.3 Å². The van der Waals surface area contributed by atoms with Gasteiger partial charge in [0.05, 0.1) is 11.5 Å². The summed E-state index contributed by atoms with van der Waals surface area (Å²) in [5, 5.41) is 22.2. The van der Waals surface area contributed by atoms with Crippen LogP contribution in [-0.2, 0) is 6.54 Å². The van der Waals surface area contributed by atoms with Crippen LogP contribution in [0.4, 0.5) is 5.69 Å². The molecule has 0 atom stereocenters. The molecule has 0 unspecified atom stereocenters. The molecule has 3 N–H and O–H groups in total. The van der Waals surface area contributed by atoms with Gasteiger partial charge in [0, 0.05) is 18.8 Å². The zero-order chi connectivity index (χ0) is 15.2. The molecule has 1 heterocycles. The van der Waals surface area contributed by atoms with E-state index in [1.807, 2.05) is 31.5 Å². The molecule has 0 bridgehead atoms. The second-order valence-corrected chi connectivity index (χ2v) is 6.04. The Morgan fingerprint density at radius 2 is 2.19 bits per heavy atom. The SMILES string of the molecule is Cc1ccc(CN(C)CCO)cc1NC(=N)c1cccs1. The van der Waals surface area contributed by atoms with E-state index in [0.29, 0.717) is 12.4 Å². The minimum absolute atomic E-state index is 0.163. The predicted octanol–water partition coefficient (Wildman–Crippen LogP) is 2.92. The Bertz CT molecular complexity index is 596. The third-order valence-corrected chi connectivity index (χ3v) is 4.15. The lowest BCUT2D eigenvalue weighted by molar-refractivity contribution is 0.217. The molecule has 2 aromatic rings. The number of nitrogens with zero attached hydrogens (tertiary/aromatic N) is 1. The Morgan fingerprint density at radius 3 is 2.86 bits per heavy atom. The number of nitrogens with one attached hydrogen (secondary N) is 2. The number of aryl methyl sites for hydroxylation is 1. The molecule has 0 radical (unpaired) electrons. The van der Waals surface area contributed by atoms with Gasteiger partial charge in [-0.3, -0.25) is 10.3 Å². The van der Waals surface area contributed by atoms with Crippen molar-refractivity contribution in [2.24, 2.45) is 0 Å². The molecule has 0 aliphatic heterocycles. The molecule has 21 heavy (non-hydrogen) atoms. The van der Waals surface area contributed by atoms with Crippen LogP contribution in [0.25, 0.3) is 0 Å². The van der Waals surface area contributed by atoms with Crippen molar-refractivity contribution in [3.05, 3.63) is 51.7 Å². The van der Waals surface area contributed by atoms with Gasteiger partial charge in [-0.1, -0.05) is 18.2 Å². The topological polar surface area (TPSA) is 59.4 Å². The van der Waals surface area contributed by atoms with Crippen molar-refractivity contribution in [2.75, 3.05) is 25.5 Å². The Morgan fingerprint density at radius 1 is 1.38 bits per heavy atom. The maximum Gasteiger partial charge on any atom is 0.140 e. The molecule has 2 rings (SSSR count). The number of benzene rings is 1. The number of likely N-dealkylation sites (N-methyl/N-ethyl adjacent to an activating group) is 1. The molecule has 1 aromatic heterocycles. The number of aliphatic hydroxyl groups is 1. The fourth-order valence-corrected chi connectivity index (χ4v) is 2.71. The van der Waals surface area contributed by atoms with Crippen molar-refractivity contribution >= 4 is 22.9 Å². The summed E-state index contributed by atoms with van der Waals surface area (Å²) in [6.45, 7) is 3.63. The Labute approximate surface area is 129 Å². The van der Waals surface area contributed by atoms with E-state index < -0.39 is 0 Å². The van der Waals surface area contributed by atoms with Crippen LogP contribution in [0.5, 0.6) is 0 Å². The van der Waals surface area contributed by atoms with Crippen molar-refractivity contribution in [2.45, 2.75) is 13.5 Å². The highest BCUT2D eigenvalue weighted by Crippen LogP contribution is 2.20. The summed E-state index contributed by atoms with van der Waals surface area (Å²) in [5.41, 5.74) is 3.24. The highest BCUT2D eigenvalue weighted by atomic mass is 32.1. The maximum absolute atomic E-state index is 8.96. The Kier molecular flexibility index (Phi) is 5.50. The molecule has 0 aliphatic rings. The molecular weight excluding hydrogens is 282 g/mol. The first kappa shape index (κ1) is 15.7. The summed E-state index contributed by atoms with van der Waals surface area (Å²) in [7, 11) is 1.98. The molecule has 0 fully saturated rings. The molecule has 0 saturated carbocycles. The van der Waals surface area contributed by atoms with Crippen LogP contribution in [-0.4, -0.2) is 36.0 Å². The van der Waals surface area contributed by atoms with E-state index in [2.05, 4.69) is 28.4 Å². The number of hydrogen-bond acceptors (Lipinski definition) is 4. The lowest BCUT2D eigenvalue weighted by Gasteiger charge is -2.17. The van der Waals surface area contributed by atoms with E-state index >= 15 is 0 Å². The first-order valence-corrected chi connectivity index (χ1v) is 7.76. The number of thiophene rings is 1. The van der Waals surface area contributed by atoms with Crippen LogP contribution < -0.4 is 5.32 Å². The monoisotopic (exact) mass is 303 g/mol. The van der Waals surface area contributed by atoms with Gasteiger partial charge in [-0.05, 0) is 42.6 Å². The van der Waals surface area contributed by atoms with Crippen LogP contribution in [0.15, 0.2) is 35.7 Å². The molecule has 5 heteroatoms. The third-order valence-electron chi connectivity index (χ3n) is 3.26. The summed E-state index contributed by atoms with van der Waals surface area (Å²) in [6, 6.07) is 10.1. The van der Waals surface area contributed by atoms with Gasteiger partial charge in [0.2, 0.25) is 0 Å². The molecular formula is C16H21N3OS. The standard InChI is InChI=1S/C16H21N3OS/c1-12-5-6-13(11-19(2)7-8-20)10-14(12)18-16(17)15-4-3-9-21-15/h3-6,9-10,20H,7-8,11H2,1-2H3,(H2,17,18). The molecule has 4 nitrogen and oxygen atoms in total. The third kappa shape index (κ3) is 4.39. The van der Waals surface area contributed by atoms with Gasteiger partial charge in [-0.2, -0.15) is 0 Å². The number of anilines is 1. The smallest absolute Gasteiger partial charge is 0.140 e. The van der Waals surface area contributed by atoms with Crippen molar-refractivity contribution in [3.8, 4) is 0 Å². The quantitative estimate of drug-likeness (QED) is 0.568. The number of hydrogen-bond donors (Lipinski definition) is 3. The maximum atomic E-state index is 8.96. The number of rotatable bonds is 6. The first-order valence-electron chi connectivity index (χ1n) is 6.88. The lowest BCUT2D eigenvalue weighted by Crippen LogP contribution is -2.21. The van der Waals surface area contributed by atoms with Gasteiger partial charge in [-0.15, -0.1) is 11.3 Å². The second kappa shape index (κ2) is 7.36. The fourth-order valence-electron chi connectivity index (χ4n) is 2.08. The Hall–Kier alpha value is -1.69. The van der Waals surface area contributed by atoms with E-state index in [9.17, 15) is 0 Å². The molecule has 1 aromatic carbocycles. The van der Waals surface area contributed by atoms with Gasteiger partial charge < -0.3 is 10.4 Å². The Balaban J connectivity index is 2.10. The van der Waals surface area contributed by atoms with Gasteiger partial charge in [-0.25, -0.2) is 0 Å². The minimum atomic E-state index is 0.163. The molecule has 0 saturated heterocycles. The van der Waals surface area contributed by atoms with Crippen molar-refractivity contribution < 1.29 is 5.11 Å². The zero-order valence-corrected chi connectivity index (χ0v) is 13.2. The average Bonchev–Trinajstić information content (AvgIpc) is 2.97. The zero-order valence-electron chi connectivity index (χ0n) is 12.4. The summed E-state index contributed by atoms with van der Waals surface area (Å²) in [5.74, 6) is 0.425. The van der Waals surface area contributed by atoms with Crippen molar-refractivity contribution in [1.82, 2.24) is 4.90 Å². The van der Waals surface area contributed by atoms with Crippen molar-refractivity contribution in [3.63, 3.8) is 0 Å². The molecule has 0 aliphatic carbocycles. The summed E-state index contributed by atoms with van der Waals surface area (Å²) < 4.78 is 0. The predicted molar refractivity (Wildman–Crippen MR) is 89.4 cm³/mol. The minimum Gasteiger partial charge on any atom is -0.395 e. The van der Waals surface area contributed by atoms with Crippen LogP contribution in [0.3, 0.4) is 0 Å². The normalized spacial score (nSPS) is 10.9. The van der Waals surface area contributed by atoms with Crippen LogP contribution in [0.2, 0.25) is 0 Å². The number of amidine groups is 1. The van der Waals surface area contributed by atoms with E-state index in [1.165, 1.54) is 0 Å². The van der Waals surface area contributed by atoms with Gasteiger partial charge in [0.15, 0.2) is 0 Å². The van der Waals surface area contributed by atoms with Gasteiger partial charge in [0.25, 0.3) is 0 Å². The van der Waals surface area contributed by atoms with E-state index in [4.69, 9.17) is 10.5 Å². The van der Waals surface area contributed by atoms with Gasteiger partial charge >= 0.3 is 0 Å². The summed E-state index contributed by atoms with van der Waals surface area (Å²) in [4.78, 5) is 3.00.